The Morgan fingerprint density at radius 1 is 1.18 bits per heavy atom. The van der Waals surface area contributed by atoms with Gasteiger partial charge in [-0.25, -0.2) is 4.39 Å². The molecule has 0 radical (unpaired) electrons. The van der Waals surface area contributed by atoms with Crippen molar-refractivity contribution in [2.75, 3.05) is 13.7 Å². The summed E-state index contributed by atoms with van der Waals surface area (Å²) >= 11 is 0. The molecule has 114 valence electrons. The summed E-state index contributed by atoms with van der Waals surface area (Å²) < 4.78 is 23.6. The molecule has 3 rings (SSSR count). The average Bonchev–Trinajstić information content (AvgIpc) is 3.32. The van der Waals surface area contributed by atoms with E-state index < -0.39 is 0 Å². The lowest BCUT2D eigenvalue weighted by Crippen LogP contribution is -2.08. The number of methoxy groups -OCH3 is 1. The summed E-state index contributed by atoms with van der Waals surface area (Å²) in [5.41, 5.74) is 1.77. The molecular weight excluding hydrogens is 283 g/mol. The van der Waals surface area contributed by atoms with Crippen LogP contribution in [0.1, 0.15) is 6.42 Å². The van der Waals surface area contributed by atoms with E-state index in [1.165, 1.54) is 19.2 Å². The zero-order valence-corrected chi connectivity index (χ0v) is 12.3. The van der Waals surface area contributed by atoms with Crippen LogP contribution in [0.4, 0.5) is 4.39 Å². The number of benzene rings is 2. The normalized spacial score (nSPS) is 19.5. The minimum atomic E-state index is -0.250. The predicted octanol–water partition coefficient (Wildman–Crippen LogP) is 3.68. The number of esters is 1. The maximum Gasteiger partial charge on any atom is 0.309 e. The van der Waals surface area contributed by atoms with Crippen LogP contribution in [0.2, 0.25) is 0 Å². The van der Waals surface area contributed by atoms with E-state index in [0.29, 0.717) is 6.61 Å². The molecule has 0 N–H and O–H groups in total. The van der Waals surface area contributed by atoms with Crippen LogP contribution in [0, 0.1) is 17.7 Å². The highest BCUT2D eigenvalue weighted by Gasteiger charge is 2.44. The zero-order valence-electron chi connectivity index (χ0n) is 12.3. The van der Waals surface area contributed by atoms with Gasteiger partial charge in [-0.15, -0.1) is 0 Å². The van der Waals surface area contributed by atoms with Crippen LogP contribution >= 0.6 is 0 Å². The van der Waals surface area contributed by atoms with E-state index in [1.807, 2.05) is 30.3 Å². The first-order chi connectivity index (χ1) is 10.7. The SMILES string of the molecule is COC(=O)C1CC1COc1ccc(-c2cccc(F)c2)cc1. The van der Waals surface area contributed by atoms with Gasteiger partial charge in [0.2, 0.25) is 0 Å². The minimum Gasteiger partial charge on any atom is -0.493 e. The van der Waals surface area contributed by atoms with Gasteiger partial charge in [0.25, 0.3) is 0 Å². The topological polar surface area (TPSA) is 35.5 Å². The van der Waals surface area contributed by atoms with E-state index in [2.05, 4.69) is 0 Å². The van der Waals surface area contributed by atoms with Crippen molar-refractivity contribution >= 4 is 5.97 Å². The van der Waals surface area contributed by atoms with Crippen LogP contribution in [0.5, 0.6) is 5.75 Å². The van der Waals surface area contributed by atoms with E-state index in [-0.39, 0.29) is 23.6 Å². The Kier molecular flexibility index (Phi) is 4.09. The van der Waals surface area contributed by atoms with Gasteiger partial charge in [0, 0.05) is 5.92 Å². The first-order valence-electron chi connectivity index (χ1n) is 7.24. The van der Waals surface area contributed by atoms with Gasteiger partial charge in [0.15, 0.2) is 0 Å². The van der Waals surface area contributed by atoms with Crippen LogP contribution in [-0.4, -0.2) is 19.7 Å². The fourth-order valence-corrected chi connectivity index (χ4v) is 2.49. The monoisotopic (exact) mass is 300 g/mol. The molecule has 0 bridgehead atoms. The van der Waals surface area contributed by atoms with Gasteiger partial charge in [-0.3, -0.25) is 4.79 Å². The highest BCUT2D eigenvalue weighted by Crippen LogP contribution is 2.39. The molecule has 0 heterocycles. The predicted molar refractivity (Wildman–Crippen MR) is 80.9 cm³/mol. The van der Waals surface area contributed by atoms with E-state index in [1.54, 1.807) is 6.07 Å². The molecular formula is C18H17FO3. The number of halogens is 1. The van der Waals surface area contributed by atoms with Crippen molar-refractivity contribution in [1.82, 2.24) is 0 Å². The lowest BCUT2D eigenvalue weighted by atomic mass is 10.1. The molecule has 0 saturated heterocycles. The molecule has 0 spiro atoms. The number of ether oxygens (including phenoxy) is 2. The van der Waals surface area contributed by atoms with Gasteiger partial charge < -0.3 is 9.47 Å². The number of rotatable bonds is 5. The van der Waals surface area contributed by atoms with Crippen molar-refractivity contribution in [2.45, 2.75) is 6.42 Å². The van der Waals surface area contributed by atoms with Gasteiger partial charge in [-0.05, 0) is 41.8 Å². The molecule has 1 aliphatic carbocycles. The second kappa shape index (κ2) is 6.18. The Morgan fingerprint density at radius 3 is 2.64 bits per heavy atom. The number of carbonyl (C=O) groups excluding carboxylic acids is 1. The van der Waals surface area contributed by atoms with Crippen molar-refractivity contribution < 1.29 is 18.7 Å². The van der Waals surface area contributed by atoms with Gasteiger partial charge in [-0.2, -0.15) is 0 Å². The van der Waals surface area contributed by atoms with Crippen molar-refractivity contribution in [3.8, 4) is 16.9 Å². The second-order valence-electron chi connectivity index (χ2n) is 5.47. The number of hydrogen-bond donors (Lipinski definition) is 0. The van der Waals surface area contributed by atoms with Crippen LogP contribution in [0.25, 0.3) is 11.1 Å². The van der Waals surface area contributed by atoms with Gasteiger partial charge in [-0.1, -0.05) is 24.3 Å². The summed E-state index contributed by atoms with van der Waals surface area (Å²) in [6, 6.07) is 14.0. The largest absolute Gasteiger partial charge is 0.493 e. The van der Waals surface area contributed by atoms with Gasteiger partial charge in [0.1, 0.15) is 11.6 Å². The Balaban J connectivity index is 1.57. The highest BCUT2D eigenvalue weighted by molar-refractivity contribution is 5.75. The van der Waals surface area contributed by atoms with E-state index in [9.17, 15) is 9.18 Å². The molecule has 2 unspecified atom stereocenters. The molecule has 4 heteroatoms. The van der Waals surface area contributed by atoms with Crippen molar-refractivity contribution in [3.05, 3.63) is 54.3 Å². The van der Waals surface area contributed by atoms with Crippen LogP contribution in [-0.2, 0) is 9.53 Å². The molecule has 3 nitrogen and oxygen atoms in total. The molecule has 2 aromatic rings. The lowest BCUT2D eigenvalue weighted by molar-refractivity contribution is -0.142. The summed E-state index contributed by atoms with van der Waals surface area (Å²) in [7, 11) is 1.41. The molecule has 1 saturated carbocycles. The van der Waals surface area contributed by atoms with Gasteiger partial charge in [0.05, 0.1) is 19.6 Å². The Hall–Kier alpha value is -2.36. The first-order valence-corrected chi connectivity index (χ1v) is 7.24. The zero-order chi connectivity index (χ0) is 15.5. The summed E-state index contributed by atoms with van der Waals surface area (Å²) in [6.07, 6.45) is 0.827. The Bertz CT molecular complexity index is 666. The Morgan fingerprint density at radius 2 is 1.95 bits per heavy atom. The molecule has 1 fully saturated rings. The van der Waals surface area contributed by atoms with Crippen molar-refractivity contribution in [3.63, 3.8) is 0 Å². The molecule has 1 aliphatic rings. The molecule has 0 aliphatic heterocycles. The maximum absolute atomic E-state index is 13.2. The Labute approximate surface area is 128 Å². The summed E-state index contributed by atoms with van der Waals surface area (Å²) in [5, 5.41) is 0. The first kappa shape index (κ1) is 14.6. The minimum absolute atomic E-state index is 0.0171. The fraction of sp³-hybridized carbons (Fsp3) is 0.278. The van der Waals surface area contributed by atoms with Crippen molar-refractivity contribution in [1.29, 1.82) is 0 Å². The van der Waals surface area contributed by atoms with Crippen LogP contribution < -0.4 is 4.74 Å². The molecule has 22 heavy (non-hydrogen) atoms. The maximum atomic E-state index is 13.2. The third-order valence-corrected chi connectivity index (χ3v) is 3.90. The number of carbonyl (C=O) groups is 1. The van der Waals surface area contributed by atoms with Crippen LogP contribution in [0.15, 0.2) is 48.5 Å². The third kappa shape index (κ3) is 3.27. The highest BCUT2D eigenvalue weighted by atomic mass is 19.1. The molecule has 0 amide bonds. The fourth-order valence-electron chi connectivity index (χ4n) is 2.49. The number of hydrogen-bond acceptors (Lipinski definition) is 3. The summed E-state index contributed by atoms with van der Waals surface area (Å²) in [5.74, 6) is 0.568. The second-order valence-corrected chi connectivity index (χ2v) is 5.47. The van der Waals surface area contributed by atoms with Crippen molar-refractivity contribution in [2.24, 2.45) is 11.8 Å². The standard InChI is InChI=1S/C18H17FO3/c1-21-18(20)17-10-14(17)11-22-16-7-5-12(6-8-16)13-3-2-4-15(19)9-13/h2-9,14,17H,10-11H2,1H3. The van der Waals surface area contributed by atoms with Crippen LogP contribution in [0.3, 0.4) is 0 Å². The summed E-state index contributed by atoms with van der Waals surface area (Å²) in [4.78, 5) is 11.3. The van der Waals surface area contributed by atoms with Gasteiger partial charge >= 0.3 is 5.97 Å². The lowest BCUT2D eigenvalue weighted by Gasteiger charge is -2.07. The summed E-state index contributed by atoms with van der Waals surface area (Å²) in [6.45, 7) is 0.513. The average molecular weight is 300 g/mol. The smallest absolute Gasteiger partial charge is 0.309 e. The van der Waals surface area contributed by atoms with E-state index in [0.717, 1.165) is 23.3 Å². The quantitative estimate of drug-likeness (QED) is 0.790. The third-order valence-electron chi connectivity index (χ3n) is 3.90. The molecule has 2 aromatic carbocycles. The van der Waals surface area contributed by atoms with E-state index >= 15 is 0 Å². The molecule has 2 atom stereocenters. The molecule has 0 aromatic heterocycles. The van der Waals surface area contributed by atoms with E-state index in [4.69, 9.17) is 9.47 Å².